The summed E-state index contributed by atoms with van der Waals surface area (Å²) in [7, 11) is 1.68. The molecule has 0 aliphatic carbocycles. The molecule has 2 aromatic carbocycles. The van der Waals surface area contributed by atoms with E-state index in [1.165, 1.54) is 11.1 Å². The second kappa shape index (κ2) is 8.66. The highest BCUT2D eigenvalue weighted by Gasteiger charge is 2.31. The van der Waals surface area contributed by atoms with Crippen molar-refractivity contribution in [3.8, 4) is 5.75 Å². The Kier molecular flexibility index (Phi) is 6.02. The minimum absolute atomic E-state index is 0.252. The molecule has 0 aromatic heterocycles. The van der Waals surface area contributed by atoms with Gasteiger partial charge in [-0.1, -0.05) is 40.2 Å². The third-order valence-electron chi connectivity index (χ3n) is 6.04. The summed E-state index contributed by atoms with van der Waals surface area (Å²) in [5, 5.41) is 0. The number of ether oxygens (including phenoxy) is 1. The van der Waals surface area contributed by atoms with Crippen molar-refractivity contribution in [2.45, 2.75) is 38.3 Å². The van der Waals surface area contributed by atoms with Crippen molar-refractivity contribution in [2.75, 3.05) is 26.7 Å². The molecule has 1 amide bonds. The van der Waals surface area contributed by atoms with Crippen LogP contribution in [-0.2, 0) is 24.2 Å². The number of halogens is 1. The number of rotatable bonds is 5. The standard InChI is InChI=1S/C23H27BrN2O2/c1-28-22-8-7-20(24)14-18(22)6-9-23(27)26-13-11-21(16-26)25-12-10-17-4-2-3-5-19(17)15-25/h2-5,7-8,14,21H,6,9-13,15-16H2,1H3. The largest absolute Gasteiger partial charge is 0.496 e. The molecule has 148 valence electrons. The van der Waals surface area contributed by atoms with Crippen LogP contribution in [0.1, 0.15) is 29.5 Å². The van der Waals surface area contributed by atoms with E-state index < -0.39 is 0 Å². The summed E-state index contributed by atoms with van der Waals surface area (Å²) in [6.45, 7) is 3.84. The average molecular weight is 443 g/mol. The number of carbonyl (C=O) groups excluding carboxylic acids is 1. The zero-order valence-electron chi connectivity index (χ0n) is 16.4. The van der Waals surface area contributed by atoms with Crippen molar-refractivity contribution in [3.63, 3.8) is 0 Å². The van der Waals surface area contributed by atoms with Gasteiger partial charge in [-0.25, -0.2) is 0 Å². The van der Waals surface area contributed by atoms with Crippen LogP contribution in [0.4, 0.5) is 0 Å². The first kappa shape index (κ1) is 19.5. The number of likely N-dealkylation sites (tertiary alicyclic amines) is 1. The van der Waals surface area contributed by atoms with Crippen LogP contribution in [0.5, 0.6) is 5.75 Å². The molecule has 2 heterocycles. The molecule has 0 radical (unpaired) electrons. The Bertz CT molecular complexity index is 854. The molecule has 4 nitrogen and oxygen atoms in total. The number of carbonyl (C=O) groups is 1. The summed E-state index contributed by atoms with van der Waals surface area (Å²) in [4.78, 5) is 17.4. The minimum atomic E-state index is 0.252. The van der Waals surface area contributed by atoms with Gasteiger partial charge in [0.25, 0.3) is 0 Å². The van der Waals surface area contributed by atoms with Crippen molar-refractivity contribution in [2.24, 2.45) is 0 Å². The van der Waals surface area contributed by atoms with Crippen LogP contribution in [0, 0.1) is 0 Å². The molecule has 0 spiro atoms. The molecule has 2 aromatic rings. The second-order valence-electron chi connectivity index (χ2n) is 7.73. The van der Waals surface area contributed by atoms with E-state index in [4.69, 9.17) is 4.74 Å². The van der Waals surface area contributed by atoms with E-state index in [1.807, 2.05) is 18.2 Å². The number of hydrogen-bond acceptors (Lipinski definition) is 3. The molecule has 1 fully saturated rings. The molecule has 0 N–H and O–H groups in total. The predicted molar refractivity (Wildman–Crippen MR) is 115 cm³/mol. The highest BCUT2D eigenvalue weighted by atomic mass is 79.9. The van der Waals surface area contributed by atoms with Crippen molar-refractivity contribution in [3.05, 3.63) is 63.6 Å². The molecule has 1 saturated heterocycles. The maximum atomic E-state index is 12.8. The van der Waals surface area contributed by atoms with E-state index in [2.05, 4.69) is 50.0 Å². The van der Waals surface area contributed by atoms with E-state index in [0.717, 1.165) is 54.8 Å². The van der Waals surface area contributed by atoms with E-state index in [0.29, 0.717) is 18.9 Å². The Morgan fingerprint density at radius 1 is 1.18 bits per heavy atom. The van der Waals surface area contributed by atoms with E-state index in [1.54, 1.807) is 7.11 Å². The number of aryl methyl sites for hydroxylation is 1. The van der Waals surface area contributed by atoms with Gasteiger partial charge in [-0.3, -0.25) is 9.69 Å². The third kappa shape index (κ3) is 4.26. The lowest BCUT2D eigenvalue weighted by Crippen LogP contribution is -2.41. The fraction of sp³-hybridized carbons (Fsp3) is 0.435. The van der Waals surface area contributed by atoms with E-state index in [-0.39, 0.29) is 5.91 Å². The molecule has 0 bridgehead atoms. The lowest BCUT2D eigenvalue weighted by molar-refractivity contribution is -0.130. The molecular formula is C23H27BrN2O2. The summed E-state index contributed by atoms with van der Waals surface area (Å²) in [6.07, 6.45) is 3.43. The monoisotopic (exact) mass is 442 g/mol. The Balaban J connectivity index is 1.32. The Morgan fingerprint density at radius 2 is 2.00 bits per heavy atom. The maximum Gasteiger partial charge on any atom is 0.222 e. The summed E-state index contributed by atoms with van der Waals surface area (Å²) in [5.74, 6) is 1.10. The summed E-state index contributed by atoms with van der Waals surface area (Å²) in [5.41, 5.74) is 4.00. The minimum Gasteiger partial charge on any atom is -0.496 e. The van der Waals surface area contributed by atoms with Crippen LogP contribution in [-0.4, -0.2) is 48.5 Å². The molecule has 2 aliphatic rings. The van der Waals surface area contributed by atoms with Gasteiger partial charge in [-0.05, 0) is 54.2 Å². The first-order valence-electron chi connectivity index (χ1n) is 10.0. The van der Waals surface area contributed by atoms with Crippen LogP contribution in [0.15, 0.2) is 46.9 Å². The van der Waals surface area contributed by atoms with Crippen molar-refractivity contribution >= 4 is 21.8 Å². The highest BCUT2D eigenvalue weighted by Crippen LogP contribution is 2.27. The smallest absolute Gasteiger partial charge is 0.222 e. The molecule has 1 unspecified atom stereocenters. The van der Waals surface area contributed by atoms with E-state index >= 15 is 0 Å². The van der Waals surface area contributed by atoms with E-state index in [9.17, 15) is 4.79 Å². The Morgan fingerprint density at radius 3 is 2.82 bits per heavy atom. The molecular weight excluding hydrogens is 416 g/mol. The molecule has 1 atom stereocenters. The SMILES string of the molecule is COc1ccc(Br)cc1CCC(=O)N1CCC(N2CCc3ccccc3C2)C1. The number of hydrogen-bond donors (Lipinski definition) is 0. The number of nitrogens with zero attached hydrogens (tertiary/aromatic N) is 2. The van der Waals surface area contributed by atoms with Gasteiger partial charge in [0.15, 0.2) is 0 Å². The van der Waals surface area contributed by atoms with Gasteiger partial charge in [0, 0.05) is 43.1 Å². The Labute approximate surface area is 175 Å². The number of benzene rings is 2. The molecule has 5 heteroatoms. The van der Waals surface area contributed by atoms with Gasteiger partial charge >= 0.3 is 0 Å². The normalized spacial score (nSPS) is 19.5. The molecule has 2 aliphatic heterocycles. The van der Waals surface area contributed by atoms with Crippen molar-refractivity contribution in [1.82, 2.24) is 9.80 Å². The van der Waals surface area contributed by atoms with Gasteiger partial charge in [-0.2, -0.15) is 0 Å². The fourth-order valence-corrected chi connectivity index (χ4v) is 4.85. The first-order chi connectivity index (χ1) is 13.6. The van der Waals surface area contributed by atoms with Crippen LogP contribution in [0.25, 0.3) is 0 Å². The number of amides is 1. The second-order valence-corrected chi connectivity index (χ2v) is 8.64. The summed E-state index contributed by atoms with van der Waals surface area (Å²) in [6, 6.07) is 15.2. The molecule has 28 heavy (non-hydrogen) atoms. The predicted octanol–water partition coefficient (Wildman–Crippen LogP) is 4.05. The summed E-state index contributed by atoms with van der Waals surface area (Å²) < 4.78 is 6.45. The Hall–Kier alpha value is -1.85. The topological polar surface area (TPSA) is 32.8 Å². The zero-order valence-corrected chi connectivity index (χ0v) is 18.0. The maximum absolute atomic E-state index is 12.8. The average Bonchev–Trinajstić information content (AvgIpc) is 3.22. The van der Waals surface area contributed by atoms with Crippen LogP contribution in [0.2, 0.25) is 0 Å². The first-order valence-corrected chi connectivity index (χ1v) is 10.8. The molecule has 0 saturated carbocycles. The number of fused-ring (bicyclic) bond motifs is 1. The van der Waals surface area contributed by atoms with Gasteiger partial charge in [0.05, 0.1) is 7.11 Å². The van der Waals surface area contributed by atoms with Gasteiger partial charge in [0.1, 0.15) is 5.75 Å². The number of methoxy groups -OCH3 is 1. The van der Waals surface area contributed by atoms with Gasteiger partial charge < -0.3 is 9.64 Å². The van der Waals surface area contributed by atoms with Gasteiger partial charge in [0.2, 0.25) is 5.91 Å². The van der Waals surface area contributed by atoms with Crippen LogP contribution < -0.4 is 4.74 Å². The summed E-state index contributed by atoms with van der Waals surface area (Å²) >= 11 is 3.51. The lowest BCUT2D eigenvalue weighted by Gasteiger charge is -2.33. The zero-order chi connectivity index (χ0) is 19.5. The fourth-order valence-electron chi connectivity index (χ4n) is 4.44. The van der Waals surface area contributed by atoms with Crippen molar-refractivity contribution in [1.29, 1.82) is 0 Å². The van der Waals surface area contributed by atoms with Gasteiger partial charge in [-0.15, -0.1) is 0 Å². The quantitative estimate of drug-likeness (QED) is 0.699. The van der Waals surface area contributed by atoms with Crippen LogP contribution >= 0.6 is 15.9 Å². The molecule has 4 rings (SSSR count). The van der Waals surface area contributed by atoms with Crippen molar-refractivity contribution < 1.29 is 9.53 Å². The lowest BCUT2D eigenvalue weighted by atomic mass is 9.98. The highest BCUT2D eigenvalue weighted by molar-refractivity contribution is 9.10. The van der Waals surface area contributed by atoms with Crippen LogP contribution in [0.3, 0.4) is 0 Å². The third-order valence-corrected chi connectivity index (χ3v) is 6.54.